The largest absolute Gasteiger partial charge is 0.372 e. The van der Waals surface area contributed by atoms with Crippen molar-refractivity contribution in [2.45, 2.75) is 38.0 Å². The Kier molecular flexibility index (Phi) is 4.09. The molecule has 0 radical (unpaired) electrons. The first-order valence-corrected chi connectivity index (χ1v) is 8.78. The summed E-state index contributed by atoms with van der Waals surface area (Å²) in [5, 5.41) is 11.0. The third-order valence-electron chi connectivity index (χ3n) is 5.07. The zero-order chi connectivity index (χ0) is 17.4. The maximum Gasteiger partial charge on any atom is 0.251 e. The molecule has 0 unspecified atom stereocenters. The number of ether oxygens (including phenoxy) is 1. The van der Waals surface area contributed by atoms with Crippen LogP contribution in [0.15, 0.2) is 36.4 Å². The number of hydrogen-bond acceptors (Lipinski definition) is 5. The molecule has 2 aliphatic rings. The van der Waals surface area contributed by atoms with Gasteiger partial charge in [-0.05, 0) is 12.0 Å². The molecule has 7 heteroatoms. The van der Waals surface area contributed by atoms with Gasteiger partial charge in [0.15, 0.2) is 11.0 Å². The topological polar surface area (TPSA) is 67.3 Å². The Morgan fingerprint density at radius 3 is 2.92 bits per heavy atom. The van der Waals surface area contributed by atoms with E-state index >= 15 is 0 Å². The van der Waals surface area contributed by atoms with Crippen molar-refractivity contribution in [3.8, 4) is 0 Å². The van der Waals surface area contributed by atoms with Crippen molar-refractivity contribution in [3.05, 3.63) is 47.1 Å². The third kappa shape index (κ3) is 2.75. The summed E-state index contributed by atoms with van der Waals surface area (Å²) in [7, 11) is 0. The van der Waals surface area contributed by atoms with Crippen molar-refractivity contribution in [1.82, 2.24) is 10.2 Å². The lowest BCUT2D eigenvalue weighted by Crippen LogP contribution is -2.56. The molecule has 2 atom stereocenters. The van der Waals surface area contributed by atoms with Crippen LogP contribution in [-0.4, -0.2) is 34.3 Å². The fourth-order valence-corrected chi connectivity index (χ4v) is 3.89. The fraction of sp³-hybridized carbons (Fsp3) is 0.389. The van der Waals surface area contributed by atoms with Crippen LogP contribution in [0.5, 0.6) is 0 Å². The lowest BCUT2D eigenvalue weighted by molar-refractivity contribution is -0.121. The summed E-state index contributed by atoms with van der Waals surface area (Å²) in [6.45, 7) is 3.18. The van der Waals surface area contributed by atoms with Crippen LogP contribution in [0.25, 0.3) is 0 Å². The molecule has 0 saturated carbocycles. The Balaban J connectivity index is 1.60. The first-order chi connectivity index (χ1) is 12.1. The number of carbonyl (C=O) groups excluding carboxylic acids is 1. The lowest BCUT2D eigenvalue weighted by Gasteiger charge is -2.41. The molecule has 2 aliphatic heterocycles. The first-order valence-electron chi connectivity index (χ1n) is 8.40. The second kappa shape index (κ2) is 6.28. The Labute approximate surface area is 151 Å². The number of rotatable bonds is 4. The van der Waals surface area contributed by atoms with Crippen molar-refractivity contribution in [3.63, 3.8) is 0 Å². The predicted octanol–water partition coefficient (Wildman–Crippen LogP) is 3.03. The van der Waals surface area contributed by atoms with Crippen LogP contribution in [-0.2, 0) is 16.1 Å². The van der Waals surface area contributed by atoms with Gasteiger partial charge in [0, 0.05) is 19.0 Å². The van der Waals surface area contributed by atoms with Crippen molar-refractivity contribution in [1.29, 1.82) is 0 Å². The van der Waals surface area contributed by atoms with Gasteiger partial charge in [0.2, 0.25) is 0 Å². The van der Waals surface area contributed by atoms with Crippen molar-refractivity contribution in [2.24, 2.45) is 0 Å². The van der Waals surface area contributed by atoms with E-state index in [0.29, 0.717) is 37.0 Å². The molecule has 130 valence electrons. The van der Waals surface area contributed by atoms with E-state index in [1.165, 1.54) is 0 Å². The van der Waals surface area contributed by atoms with Crippen LogP contribution in [0.1, 0.15) is 25.3 Å². The molecule has 1 saturated heterocycles. The number of nitrogens with one attached hydrogen (secondary N) is 1. The van der Waals surface area contributed by atoms with Crippen molar-refractivity contribution in [2.75, 3.05) is 16.8 Å². The Morgan fingerprint density at radius 1 is 1.36 bits per heavy atom. The molecule has 2 aromatic rings. The molecule has 25 heavy (non-hydrogen) atoms. The number of halogens is 1. The fourth-order valence-electron chi connectivity index (χ4n) is 3.75. The van der Waals surface area contributed by atoms with Crippen LogP contribution in [0.2, 0.25) is 5.15 Å². The highest BCUT2D eigenvalue weighted by Crippen LogP contribution is 2.45. The smallest absolute Gasteiger partial charge is 0.251 e. The van der Waals surface area contributed by atoms with E-state index < -0.39 is 5.54 Å². The second-order valence-corrected chi connectivity index (χ2v) is 6.86. The van der Waals surface area contributed by atoms with Crippen LogP contribution in [0.3, 0.4) is 0 Å². The zero-order valence-electron chi connectivity index (χ0n) is 13.9. The second-order valence-electron chi connectivity index (χ2n) is 6.47. The minimum absolute atomic E-state index is 0.0382. The minimum Gasteiger partial charge on any atom is -0.372 e. The maximum atomic E-state index is 12.8. The molecule has 0 aliphatic carbocycles. The third-order valence-corrected chi connectivity index (χ3v) is 5.26. The van der Waals surface area contributed by atoms with E-state index in [1.807, 2.05) is 37.3 Å². The van der Waals surface area contributed by atoms with Gasteiger partial charge in [-0.25, -0.2) is 0 Å². The van der Waals surface area contributed by atoms with Gasteiger partial charge < -0.3 is 15.0 Å². The normalized spacial score (nSPS) is 24.6. The Bertz CT molecular complexity index is 801. The Morgan fingerprint density at radius 2 is 2.16 bits per heavy atom. The molecule has 1 amide bonds. The molecule has 1 N–H and O–H groups in total. The molecule has 0 spiro atoms. The van der Waals surface area contributed by atoms with E-state index in [-0.39, 0.29) is 12.0 Å². The monoisotopic (exact) mass is 358 g/mol. The summed E-state index contributed by atoms with van der Waals surface area (Å²) in [6, 6.07) is 11.8. The number of amides is 1. The first kappa shape index (κ1) is 16.3. The number of nitrogens with zero attached hydrogens (tertiary/aromatic N) is 3. The highest BCUT2D eigenvalue weighted by Gasteiger charge is 2.53. The minimum atomic E-state index is -0.624. The molecule has 0 bridgehead atoms. The molecule has 4 rings (SSSR count). The van der Waals surface area contributed by atoms with Gasteiger partial charge in [-0.15, -0.1) is 10.2 Å². The van der Waals surface area contributed by atoms with E-state index in [2.05, 4.69) is 20.4 Å². The maximum absolute atomic E-state index is 12.8. The highest BCUT2D eigenvalue weighted by atomic mass is 35.5. The van der Waals surface area contributed by atoms with E-state index in [9.17, 15) is 4.79 Å². The average molecular weight is 359 g/mol. The molecule has 6 nitrogen and oxygen atoms in total. The van der Waals surface area contributed by atoms with Gasteiger partial charge in [-0.1, -0.05) is 48.9 Å². The van der Waals surface area contributed by atoms with Crippen LogP contribution >= 0.6 is 11.6 Å². The van der Waals surface area contributed by atoms with Crippen molar-refractivity contribution >= 4 is 29.0 Å². The van der Waals surface area contributed by atoms with Crippen LogP contribution in [0.4, 0.5) is 11.5 Å². The number of carbonyl (C=O) groups is 1. The molecule has 1 fully saturated rings. The Hall–Kier alpha value is -2.18. The average Bonchev–Trinajstić information content (AvgIpc) is 3.03. The van der Waals surface area contributed by atoms with Gasteiger partial charge >= 0.3 is 0 Å². The summed E-state index contributed by atoms with van der Waals surface area (Å²) in [5.74, 6) is 0.409. The number of fused-ring (bicyclic) bond motifs is 3. The molecular formula is C18H19ClN4O2. The summed E-state index contributed by atoms with van der Waals surface area (Å²) >= 11 is 6.03. The summed E-state index contributed by atoms with van der Waals surface area (Å²) in [4.78, 5) is 14.9. The molecule has 3 heterocycles. The van der Waals surface area contributed by atoms with Crippen LogP contribution < -0.4 is 10.2 Å². The van der Waals surface area contributed by atoms with Gasteiger partial charge in [-0.2, -0.15) is 0 Å². The molecule has 1 aromatic heterocycles. The SMILES string of the molecule is CC[C@]12C[C@@H](OCc3ccccc3)CN1c1cc(Cl)nnc1NC2=O. The van der Waals surface area contributed by atoms with Gasteiger partial charge in [0.05, 0.1) is 18.4 Å². The standard InChI is InChI=1S/C18H19ClN4O2/c1-2-18-9-13(25-11-12-6-4-3-5-7-12)10-23(18)14-8-15(19)21-22-16(14)20-17(18)24/h3-8,13H,2,9-11H2,1H3,(H,20,22,24)/t13-,18-/m1/s1. The predicted molar refractivity (Wildman–Crippen MR) is 95.7 cm³/mol. The molecule has 1 aromatic carbocycles. The van der Waals surface area contributed by atoms with Crippen molar-refractivity contribution < 1.29 is 9.53 Å². The van der Waals surface area contributed by atoms with Gasteiger partial charge in [-0.3, -0.25) is 4.79 Å². The summed E-state index contributed by atoms with van der Waals surface area (Å²) < 4.78 is 6.11. The van der Waals surface area contributed by atoms with E-state index in [0.717, 1.165) is 11.3 Å². The van der Waals surface area contributed by atoms with E-state index in [4.69, 9.17) is 16.3 Å². The quantitative estimate of drug-likeness (QED) is 0.909. The van der Waals surface area contributed by atoms with Gasteiger partial charge in [0.25, 0.3) is 5.91 Å². The van der Waals surface area contributed by atoms with E-state index in [1.54, 1.807) is 6.07 Å². The number of benzene rings is 1. The van der Waals surface area contributed by atoms with Gasteiger partial charge in [0.1, 0.15) is 5.54 Å². The zero-order valence-corrected chi connectivity index (χ0v) is 14.7. The number of aromatic nitrogens is 2. The lowest BCUT2D eigenvalue weighted by atomic mass is 9.89. The summed E-state index contributed by atoms with van der Waals surface area (Å²) in [5.41, 5.74) is 1.31. The summed E-state index contributed by atoms with van der Waals surface area (Å²) in [6.07, 6.45) is 1.29. The number of hydrogen-bond donors (Lipinski definition) is 1. The highest BCUT2D eigenvalue weighted by molar-refractivity contribution is 6.29. The van der Waals surface area contributed by atoms with Crippen LogP contribution in [0, 0.1) is 0 Å². The number of anilines is 2. The molecular weight excluding hydrogens is 340 g/mol.